The van der Waals surface area contributed by atoms with Gasteiger partial charge in [0.15, 0.2) is 0 Å². The van der Waals surface area contributed by atoms with Crippen molar-refractivity contribution in [2.75, 3.05) is 45.9 Å². The van der Waals surface area contributed by atoms with E-state index in [9.17, 15) is 14.3 Å². The Balaban J connectivity index is 1.29. The number of rotatable bonds is 10. The maximum Gasteiger partial charge on any atom is 0.253 e. The number of carbonyl (C=O) groups excluding carboxylic acids is 1. The van der Waals surface area contributed by atoms with E-state index in [2.05, 4.69) is 4.90 Å². The first-order valence-corrected chi connectivity index (χ1v) is 11.3. The van der Waals surface area contributed by atoms with Gasteiger partial charge in [0.25, 0.3) is 5.91 Å². The highest BCUT2D eigenvalue weighted by Gasteiger charge is 2.31. The lowest BCUT2D eigenvalue weighted by atomic mass is 10.1. The Morgan fingerprint density at radius 1 is 1.16 bits per heavy atom. The Bertz CT molecular complexity index is 860. The topological polar surface area (TPSA) is 62.2 Å². The fourth-order valence-corrected chi connectivity index (χ4v) is 3.99. The Hall–Kier alpha value is -2.48. The van der Waals surface area contributed by atoms with Crippen LogP contribution in [-0.4, -0.2) is 79.0 Å². The van der Waals surface area contributed by atoms with Crippen LogP contribution in [0, 0.1) is 11.7 Å². The molecule has 0 radical (unpaired) electrons. The summed E-state index contributed by atoms with van der Waals surface area (Å²) in [6.07, 6.45) is 1.53. The van der Waals surface area contributed by atoms with Gasteiger partial charge in [-0.3, -0.25) is 9.69 Å². The molecule has 0 aromatic heterocycles. The van der Waals surface area contributed by atoms with E-state index >= 15 is 0 Å². The van der Waals surface area contributed by atoms with Crippen LogP contribution in [0.4, 0.5) is 4.39 Å². The van der Waals surface area contributed by atoms with E-state index < -0.39 is 6.10 Å². The molecule has 0 spiro atoms. The van der Waals surface area contributed by atoms with Gasteiger partial charge in [0.1, 0.15) is 24.3 Å². The highest BCUT2D eigenvalue weighted by Crippen LogP contribution is 2.30. The number of benzene rings is 2. The monoisotopic (exact) mass is 442 g/mol. The average molecular weight is 443 g/mol. The zero-order chi connectivity index (χ0) is 22.3. The van der Waals surface area contributed by atoms with Gasteiger partial charge in [-0.1, -0.05) is 18.2 Å². The predicted molar refractivity (Wildman–Crippen MR) is 119 cm³/mol. The van der Waals surface area contributed by atoms with E-state index in [-0.39, 0.29) is 24.4 Å². The maximum atomic E-state index is 13.3. The van der Waals surface area contributed by atoms with Crippen molar-refractivity contribution < 1.29 is 23.8 Å². The molecule has 2 aromatic carbocycles. The second kappa shape index (κ2) is 10.9. The molecule has 1 N–H and O–H groups in total. The standard InChI is InChI=1S/C25H31FN2O4/c26-21-10-8-20(9-11-21)25(30)28(14-19-6-7-19)17-24-16-27(12-13-31-24)15-22(29)18-32-23-4-2-1-3-5-23/h1-5,8-11,19,22,24,29H,6-7,12-18H2/t22-,24+/m1/s1. The minimum atomic E-state index is -0.614. The van der Waals surface area contributed by atoms with Crippen LogP contribution in [0.3, 0.4) is 0 Å². The van der Waals surface area contributed by atoms with Gasteiger partial charge in [-0.15, -0.1) is 0 Å². The van der Waals surface area contributed by atoms with Gasteiger partial charge in [-0.05, 0) is 55.2 Å². The van der Waals surface area contributed by atoms with Crippen molar-refractivity contribution in [3.05, 3.63) is 66.0 Å². The van der Waals surface area contributed by atoms with Gasteiger partial charge < -0.3 is 19.5 Å². The van der Waals surface area contributed by atoms with Gasteiger partial charge in [-0.2, -0.15) is 0 Å². The van der Waals surface area contributed by atoms with E-state index in [1.807, 2.05) is 35.2 Å². The third-order valence-corrected chi connectivity index (χ3v) is 5.86. The van der Waals surface area contributed by atoms with Crippen LogP contribution >= 0.6 is 0 Å². The van der Waals surface area contributed by atoms with Crippen molar-refractivity contribution in [1.82, 2.24) is 9.80 Å². The van der Waals surface area contributed by atoms with Crippen molar-refractivity contribution in [3.63, 3.8) is 0 Å². The lowest BCUT2D eigenvalue weighted by molar-refractivity contribution is -0.0538. The number of para-hydroxylation sites is 1. The molecular weight excluding hydrogens is 411 g/mol. The zero-order valence-corrected chi connectivity index (χ0v) is 18.2. The largest absolute Gasteiger partial charge is 0.491 e. The van der Waals surface area contributed by atoms with Gasteiger partial charge in [-0.25, -0.2) is 4.39 Å². The molecule has 7 heteroatoms. The molecule has 2 atom stereocenters. The summed E-state index contributed by atoms with van der Waals surface area (Å²) in [5, 5.41) is 10.4. The minimum Gasteiger partial charge on any atom is -0.491 e. The SMILES string of the molecule is O=C(c1ccc(F)cc1)N(CC1CC1)C[C@@H]1CN(C[C@@H](O)COc2ccccc2)CCO1. The summed E-state index contributed by atoms with van der Waals surface area (Å²) in [4.78, 5) is 17.0. The smallest absolute Gasteiger partial charge is 0.253 e. The first-order valence-electron chi connectivity index (χ1n) is 11.3. The number of amides is 1. The average Bonchev–Trinajstić information content (AvgIpc) is 3.62. The van der Waals surface area contributed by atoms with Gasteiger partial charge >= 0.3 is 0 Å². The second-order valence-corrected chi connectivity index (χ2v) is 8.69. The van der Waals surface area contributed by atoms with E-state index in [1.165, 1.54) is 24.3 Å². The Kier molecular flexibility index (Phi) is 7.73. The van der Waals surface area contributed by atoms with Gasteiger partial charge in [0.2, 0.25) is 0 Å². The number of aliphatic hydroxyl groups is 1. The van der Waals surface area contributed by atoms with E-state index in [0.29, 0.717) is 44.3 Å². The van der Waals surface area contributed by atoms with Crippen LogP contribution in [0.25, 0.3) is 0 Å². The van der Waals surface area contributed by atoms with E-state index in [4.69, 9.17) is 9.47 Å². The third kappa shape index (κ3) is 6.76. The zero-order valence-electron chi connectivity index (χ0n) is 18.2. The number of β-amino-alcohol motifs (C(OH)–C–C–N with tert-alkyl or cyclic N) is 1. The molecule has 172 valence electrons. The number of aliphatic hydroxyl groups excluding tert-OH is 1. The molecule has 2 fully saturated rings. The number of ether oxygens (including phenoxy) is 2. The lowest BCUT2D eigenvalue weighted by Crippen LogP contribution is -2.51. The molecule has 6 nitrogen and oxygen atoms in total. The molecule has 1 aliphatic heterocycles. The lowest BCUT2D eigenvalue weighted by Gasteiger charge is -2.36. The quantitative estimate of drug-likeness (QED) is 0.613. The molecule has 0 bridgehead atoms. The van der Waals surface area contributed by atoms with Crippen LogP contribution in [0.1, 0.15) is 23.2 Å². The fourth-order valence-electron chi connectivity index (χ4n) is 3.99. The number of morpholine rings is 1. The first kappa shape index (κ1) is 22.7. The van der Waals surface area contributed by atoms with Gasteiger partial charge in [0.05, 0.1) is 12.7 Å². The molecule has 1 saturated heterocycles. The molecule has 1 amide bonds. The maximum absolute atomic E-state index is 13.3. The molecule has 0 unspecified atom stereocenters. The normalized spacial score (nSPS) is 20.0. The molecule has 2 aliphatic rings. The van der Waals surface area contributed by atoms with E-state index in [0.717, 1.165) is 25.1 Å². The number of carbonyl (C=O) groups is 1. The third-order valence-electron chi connectivity index (χ3n) is 5.86. The minimum absolute atomic E-state index is 0.0890. The van der Waals surface area contributed by atoms with E-state index in [1.54, 1.807) is 0 Å². The molecule has 4 rings (SSSR count). The molecular formula is C25H31FN2O4. The summed E-state index contributed by atoms with van der Waals surface area (Å²) < 4.78 is 24.9. The van der Waals surface area contributed by atoms with Crippen molar-refractivity contribution in [2.24, 2.45) is 5.92 Å². The summed E-state index contributed by atoms with van der Waals surface area (Å²) in [5.41, 5.74) is 0.494. The van der Waals surface area contributed by atoms with Crippen molar-refractivity contribution >= 4 is 5.91 Å². The second-order valence-electron chi connectivity index (χ2n) is 8.69. The molecule has 1 saturated carbocycles. The highest BCUT2D eigenvalue weighted by atomic mass is 19.1. The van der Waals surface area contributed by atoms with Crippen LogP contribution in [-0.2, 0) is 4.74 Å². The Labute approximate surface area is 188 Å². The van der Waals surface area contributed by atoms with Crippen molar-refractivity contribution in [2.45, 2.75) is 25.0 Å². The summed E-state index contributed by atoms with van der Waals surface area (Å²) in [7, 11) is 0. The van der Waals surface area contributed by atoms with Crippen molar-refractivity contribution in [1.29, 1.82) is 0 Å². The number of nitrogens with zero attached hydrogens (tertiary/aromatic N) is 2. The number of halogens is 1. The predicted octanol–water partition coefficient (Wildman–Crippen LogP) is 2.82. The van der Waals surface area contributed by atoms with Crippen LogP contribution in [0.15, 0.2) is 54.6 Å². The molecule has 32 heavy (non-hydrogen) atoms. The van der Waals surface area contributed by atoms with Crippen LogP contribution in [0.2, 0.25) is 0 Å². The fraction of sp³-hybridized carbons (Fsp3) is 0.480. The summed E-state index contributed by atoms with van der Waals surface area (Å²) >= 11 is 0. The molecule has 1 aliphatic carbocycles. The highest BCUT2D eigenvalue weighted by molar-refractivity contribution is 5.94. The molecule has 1 heterocycles. The summed E-state index contributed by atoms with van der Waals surface area (Å²) in [6.45, 7) is 3.82. The number of hydrogen-bond acceptors (Lipinski definition) is 5. The Morgan fingerprint density at radius 2 is 1.91 bits per heavy atom. The van der Waals surface area contributed by atoms with Crippen LogP contribution < -0.4 is 4.74 Å². The van der Waals surface area contributed by atoms with Crippen molar-refractivity contribution in [3.8, 4) is 5.75 Å². The Morgan fingerprint density at radius 3 is 2.62 bits per heavy atom. The van der Waals surface area contributed by atoms with Gasteiger partial charge in [0, 0.05) is 38.3 Å². The van der Waals surface area contributed by atoms with Crippen LogP contribution in [0.5, 0.6) is 5.75 Å². The number of hydrogen-bond donors (Lipinski definition) is 1. The first-order chi connectivity index (χ1) is 15.6. The summed E-state index contributed by atoms with van der Waals surface area (Å²) in [6, 6.07) is 15.2. The molecule has 2 aromatic rings. The summed E-state index contributed by atoms with van der Waals surface area (Å²) in [5.74, 6) is 0.836.